The van der Waals surface area contributed by atoms with Crippen LogP contribution >= 0.6 is 0 Å². The molecule has 0 bridgehead atoms. The number of nitriles is 1. The normalized spacial score (nSPS) is 11.6. The number of aromatic nitrogens is 1. The van der Waals surface area contributed by atoms with Crippen molar-refractivity contribution in [3.05, 3.63) is 23.4 Å². The highest BCUT2D eigenvalue weighted by Gasteiger charge is 2.15. The number of anilines is 1. The van der Waals surface area contributed by atoms with E-state index in [4.69, 9.17) is 10.4 Å². The van der Waals surface area contributed by atoms with Crippen molar-refractivity contribution in [2.75, 3.05) is 5.32 Å². The van der Waals surface area contributed by atoms with Crippen LogP contribution in [-0.2, 0) is 4.79 Å². The van der Waals surface area contributed by atoms with Crippen molar-refractivity contribution >= 4 is 11.8 Å². The van der Waals surface area contributed by atoms with Crippen molar-refractivity contribution < 1.29 is 9.90 Å². The lowest BCUT2D eigenvalue weighted by Gasteiger charge is -2.13. The van der Waals surface area contributed by atoms with E-state index in [1.807, 2.05) is 6.07 Å². The maximum absolute atomic E-state index is 10.8. The minimum atomic E-state index is -0.927. The highest BCUT2D eigenvalue weighted by atomic mass is 16.4. The molecule has 5 nitrogen and oxygen atoms in total. The van der Waals surface area contributed by atoms with E-state index in [1.165, 1.54) is 0 Å². The number of nitrogens with one attached hydrogen (secondary N) is 1. The Morgan fingerprint density at radius 3 is 2.88 bits per heavy atom. The van der Waals surface area contributed by atoms with Gasteiger partial charge in [0, 0.05) is 5.69 Å². The topological polar surface area (TPSA) is 86.0 Å². The maximum Gasteiger partial charge on any atom is 0.326 e. The molecule has 0 saturated carbocycles. The zero-order chi connectivity index (χ0) is 12.1. The van der Waals surface area contributed by atoms with Crippen LogP contribution in [0.25, 0.3) is 0 Å². The van der Waals surface area contributed by atoms with Crippen LogP contribution in [0.5, 0.6) is 0 Å². The van der Waals surface area contributed by atoms with Gasteiger partial charge in [-0.15, -0.1) is 0 Å². The summed E-state index contributed by atoms with van der Waals surface area (Å²) in [6.45, 7) is 3.53. The van der Waals surface area contributed by atoms with Gasteiger partial charge in [0.2, 0.25) is 0 Å². The average Bonchev–Trinajstić information content (AvgIpc) is 2.24. The third kappa shape index (κ3) is 2.95. The van der Waals surface area contributed by atoms with Gasteiger partial charge in [-0.25, -0.2) is 9.78 Å². The van der Waals surface area contributed by atoms with Gasteiger partial charge in [0.05, 0.1) is 11.6 Å². The monoisotopic (exact) mass is 219 g/mol. The Morgan fingerprint density at radius 2 is 2.38 bits per heavy atom. The van der Waals surface area contributed by atoms with Gasteiger partial charge in [-0.3, -0.25) is 0 Å². The van der Waals surface area contributed by atoms with Crippen molar-refractivity contribution in [3.63, 3.8) is 0 Å². The van der Waals surface area contributed by atoms with Gasteiger partial charge in [0.1, 0.15) is 11.9 Å². The molecule has 1 aromatic heterocycles. The predicted octanol–water partition coefficient (Wildman–Crippen LogP) is 1.54. The molecule has 1 atom stereocenters. The van der Waals surface area contributed by atoms with Crippen molar-refractivity contribution in [1.82, 2.24) is 4.98 Å². The fourth-order valence-corrected chi connectivity index (χ4v) is 1.32. The van der Waals surface area contributed by atoms with Gasteiger partial charge in [-0.2, -0.15) is 5.26 Å². The van der Waals surface area contributed by atoms with Gasteiger partial charge in [-0.05, 0) is 25.5 Å². The summed E-state index contributed by atoms with van der Waals surface area (Å²) < 4.78 is 0. The molecule has 1 heterocycles. The van der Waals surface area contributed by atoms with E-state index in [9.17, 15) is 4.79 Å². The summed E-state index contributed by atoms with van der Waals surface area (Å²) in [5.41, 5.74) is 1.15. The zero-order valence-electron chi connectivity index (χ0n) is 9.19. The molecule has 0 radical (unpaired) electrons. The average molecular weight is 219 g/mol. The van der Waals surface area contributed by atoms with Gasteiger partial charge in [0.25, 0.3) is 0 Å². The first-order valence-electron chi connectivity index (χ1n) is 4.95. The first kappa shape index (κ1) is 12.0. The SMILES string of the molecule is CCC(Nc1cc(C#N)cc(C)n1)C(=O)O. The Kier molecular flexibility index (Phi) is 3.84. The fraction of sp³-hybridized carbons (Fsp3) is 0.364. The molecule has 0 spiro atoms. The lowest BCUT2D eigenvalue weighted by Crippen LogP contribution is -2.28. The van der Waals surface area contributed by atoms with Crippen LogP contribution in [0.3, 0.4) is 0 Å². The van der Waals surface area contributed by atoms with E-state index in [0.717, 1.165) is 0 Å². The standard InChI is InChI=1S/C11H13N3O2/c1-3-9(11(15)16)14-10-5-8(6-12)4-7(2)13-10/h4-5,9H,3H2,1-2H3,(H,13,14)(H,15,16). The number of pyridine rings is 1. The van der Waals surface area contributed by atoms with Gasteiger partial charge in [0.15, 0.2) is 0 Å². The summed E-state index contributed by atoms with van der Waals surface area (Å²) in [5, 5.41) is 20.4. The Hall–Kier alpha value is -2.09. The third-order valence-corrected chi connectivity index (χ3v) is 2.11. The number of carboxylic acids is 1. The molecule has 0 aliphatic carbocycles. The first-order chi connectivity index (χ1) is 7.56. The maximum atomic E-state index is 10.8. The molecule has 0 amide bonds. The number of rotatable bonds is 4. The third-order valence-electron chi connectivity index (χ3n) is 2.11. The number of aliphatic carboxylic acids is 1. The molecule has 16 heavy (non-hydrogen) atoms. The second-order valence-corrected chi connectivity index (χ2v) is 3.44. The van der Waals surface area contributed by atoms with Crippen molar-refractivity contribution in [2.45, 2.75) is 26.3 Å². The molecule has 5 heteroatoms. The number of hydrogen-bond acceptors (Lipinski definition) is 4. The van der Waals surface area contributed by atoms with E-state index in [0.29, 0.717) is 23.5 Å². The highest BCUT2D eigenvalue weighted by Crippen LogP contribution is 2.11. The van der Waals surface area contributed by atoms with E-state index in [2.05, 4.69) is 10.3 Å². The van der Waals surface area contributed by atoms with Crippen molar-refractivity contribution in [3.8, 4) is 6.07 Å². The van der Waals surface area contributed by atoms with Gasteiger partial charge >= 0.3 is 5.97 Å². The number of carboxylic acid groups (broad SMARTS) is 1. The summed E-state index contributed by atoms with van der Waals surface area (Å²) in [6.07, 6.45) is 0.451. The second kappa shape index (κ2) is 5.12. The summed E-state index contributed by atoms with van der Waals surface area (Å²) in [5.74, 6) is -0.505. The van der Waals surface area contributed by atoms with Crippen LogP contribution in [0, 0.1) is 18.3 Å². The van der Waals surface area contributed by atoms with Crippen molar-refractivity contribution in [2.24, 2.45) is 0 Å². The molecule has 0 aromatic carbocycles. The second-order valence-electron chi connectivity index (χ2n) is 3.44. The number of aryl methyl sites for hydroxylation is 1. The molecule has 2 N–H and O–H groups in total. The number of carbonyl (C=O) groups is 1. The molecule has 1 aromatic rings. The molecular formula is C11H13N3O2. The van der Waals surface area contributed by atoms with E-state index < -0.39 is 12.0 Å². The van der Waals surface area contributed by atoms with Gasteiger partial charge < -0.3 is 10.4 Å². The first-order valence-corrected chi connectivity index (χ1v) is 4.95. The molecule has 1 rings (SSSR count). The molecule has 84 valence electrons. The van der Waals surface area contributed by atoms with E-state index in [-0.39, 0.29) is 0 Å². The summed E-state index contributed by atoms with van der Waals surface area (Å²) in [6, 6.07) is 4.51. The van der Waals surface area contributed by atoms with Gasteiger partial charge in [-0.1, -0.05) is 6.92 Å². The largest absolute Gasteiger partial charge is 0.480 e. The van der Waals surface area contributed by atoms with Crippen LogP contribution in [0.2, 0.25) is 0 Å². The van der Waals surface area contributed by atoms with Crippen LogP contribution in [0.15, 0.2) is 12.1 Å². The van der Waals surface area contributed by atoms with Crippen LogP contribution in [-0.4, -0.2) is 22.1 Å². The number of hydrogen-bond donors (Lipinski definition) is 2. The zero-order valence-corrected chi connectivity index (χ0v) is 9.19. The fourth-order valence-electron chi connectivity index (χ4n) is 1.32. The Balaban J connectivity index is 2.93. The Morgan fingerprint density at radius 1 is 1.69 bits per heavy atom. The summed E-state index contributed by atoms with van der Waals surface area (Å²) in [7, 11) is 0. The Labute approximate surface area is 93.7 Å². The lowest BCUT2D eigenvalue weighted by molar-refractivity contribution is -0.137. The summed E-state index contributed by atoms with van der Waals surface area (Å²) >= 11 is 0. The van der Waals surface area contributed by atoms with Crippen molar-refractivity contribution in [1.29, 1.82) is 5.26 Å². The molecule has 0 saturated heterocycles. The lowest BCUT2D eigenvalue weighted by atomic mass is 10.2. The molecular weight excluding hydrogens is 206 g/mol. The minimum Gasteiger partial charge on any atom is -0.480 e. The van der Waals surface area contributed by atoms with E-state index >= 15 is 0 Å². The van der Waals surface area contributed by atoms with Crippen LogP contribution in [0.1, 0.15) is 24.6 Å². The predicted molar refractivity (Wildman–Crippen MR) is 59.0 cm³/mol. The Bertz CT molecular complexity index is 437. The molecule has 0 aliphatic rings. The van der Waals surface area contributed by atoms with E-state index in [1.54, 1.807) is 26.0 Å². The molecule has 0 fully saturated rings. The molecule has 0 aliphatic heterocycles. The highest BCUT2D eigenvalue weighted by molar-refractivity contribution is 5.76. The smallest absolute Gasteiger partial charge is 0.326 e. The summed E-state index contributed by atoms with van der Waals surface area (Å²) in [4.78, 5) is 14.9. The molecule has 1 unspecified atom stereocenters. The van der Waals surface area contributed by atoms with Crippen LogP contribution in [0.4, 0.5) is 5.82 Å². The van der Waals surface area contributed by atoms with Crippen LogP contribution < -0.4 is 5.32 Å². The number of nitrogens with zero attached hydrogens (tertiary/aromatic N) is 2. The minimum absolute atomic E-state index is 0.422. The quantitative estimate of drug-likeness (QED) is 0.802.